The first-order chi connectivity index (χ1) is 7.68. The maximum absolute atomic E-state index is 11.2. The van der Waals surface area contributed by atoms with Crippen molar-refractivity contribution in [3.8, 4) is 0 Å². The number of carbonyl (C=O) groups is 1. The Bertz CT molecular complexity index is 339. The van der Waals surface area contributed by atoms with Crippen LogP contribution in [0.1, 0.15) is 25.8 Å². The van der Waals surface area contributed by atoms with Crippen LogP contribution in [0.2, 0.25) is 0 Å². The first kappa shape index (κ1) is 12.5. The fourth-order valence-electron chi connectivity index (χ4n) is 1.28. The monoisotopic (exact) mass is 218 g/mol. The fourth-order valence-corrected chi connectivity index (χ4v) is 1.28. The molecule has 1 rings (SSSR count). The summed E-state index contributed by atoms with van der Waals surface area (Å²) in [5.74, 6) is 0.221. The van der Waals surface area contributed by atoms with Crippen molar-refractivity contribution in [3.05, 3.63) is 42.0 Å². The maximum atomic E-state index is 11.2. The van der Waals surface area contributed by atoms with E-state index in [4.69, 9.17) is 4.74 Å². The molecule has 0 saturated carbocycles. The second-order valence-electron chi connectivity index (χ2n) is 4.09. The molecule has 0 aliphatic carbocycles. The van der Waals surface area contributed by atoms with Crippen molar-refractivity contribution in [2.45, 2.75) is 20.3 Å². The SMILES string of the molecule is CC(C)CC(=O)OCC=Cc1ccccc1. The Kier molecular flexibility index (Phi) is 5.34. The topological polar surface area (TPSA) is 26.3 Å². The van der Waals surface area contributed by atoms with Crippen molar-refractivity contribution in [3.63, 3.8) is 0 Å². The van der Waals surface area contributed by atoms with E-state index in [1.807, 2.05) is 56.3 Å². The van der Waals surface area contributed by atoms with Crippen molar-refractivity contribution in [1.82, 2.24) is 0 Å². The molecule has 0 bridgehead atoms. The van der Waals surface area contributed by atoms with Gasteiger partial charge < -0.3 is 4.74 Å². The first-order valence-corrected chi connectivity index (χ1v) is 5.55. The largest absolute Gasteiger partial charge is 0.461 e. The molecule has 0 saturated heterocycles. The van der Waals surface area contributed by atoms with Crippen molar-refractivity contribution < 1.29 is 9.53 Å². The molecular formula is C14H18O2. The number of rotatable bonds is 5. The van der Waals surface area contributed by atoms with Crippen LogP contribution in [0.5, 0.6) is 0 Å². The molecule has 0 heterocycles. The number of ether oxygens (including phenoxy) is 1. The van der Waals surface area contributed by atoms with Gasteiger partial charge in [-0.2, -0.15) is 0 Å². The van der Waals surface area contributed by atoms with Crippen LogP contribution in [-0.2, 0) is 9.53 Å². The normalized spacial score (nSPS) is 10.9. The van der Waals surface area contributed by atoms with Gasteiger partial charge in [0.05, 0.1) is 0 Å². The van der Waals surface area contributed by atoms with Crippen molar-refractivity contribution in [2.24, 2.45) is 5.92 Å². The van der Waals surface area contributed by atoms with E-state index < -0.39 is 0 Å². The molecule has 86 valence electrons. The van der Waals surface area contributed by atoms with E-state index in [9.17, 15) is 4.79 Å². The van der Waals surface area contributed by atoms with Gasteiger partial charge in [0.25, 0.3) is 0 Å². The Labute approximate surface area is 96.9 Å². The second-order valence-corrected chi connectivity index (χ2v) is 4.09. The van der Waals surface area contributed by atoms with E-state index in [2.05, 4.69) is 0 Å². The number of hydrogen-bond acceptors (Lipinski definition) is 2. The summed E-state index contributed by atoms with van der Waals surface area (Å²) in [4.78, 5) is 11.2. The number of benzene rings is 1. The predicted octanol–water partition coefficient (Wildman–Crippen LogP) is 3.29. The third kappa shape index (κ3) is 5.35. The molecule has 0 aliphatic rings. The summed E-state index contributed by atoms with van der Waals surface area (Å²) in [5, 5.41) is 0. The van der Waals surface area contributed by atoms with Crippen LogP contribution in [0.15, 0.2) is 36.4 Å². The van der Waals surface area contributed by atoms with Gasteiger partial charge in [0.2, 0.25) is 0 Å². The van der Waals surface area contributed by atoms with Gasteiger partial charge in [-0.05, 0) is 17.6 Å². The Balaban J connectivity index is 2.25. The zero-order valence-corrected chi connectivity index (χ0v) is 9.85. The number of hydrogen-bond donors (Lipinski definition) is 0. The summed E-state index contributed by atoms with van der Waals surface area (Å²) in [6.07, 6.45) is 4.29. The van der Waals surface area contributed by atoms with E-state index >= 15 is 0 Å². The molecule has 1 aromatic carbocycles. The van der Waals surface area contributed by atoms with E-state index in [1.54, 1.807) is 0 Å². The zero-order chi connectivity index (χ0) is 11.8. The molecule has 16 heavy (non-hydrogen) atoms. The van der Waals surface area contributed by atoms with Gasteiger partial charge in [-0.3, -0.25) is 4.79 Å². The minimum Gasteiger partial charge on any atom is -0.461 e. The lowest BCUT2D eigenvalue weighted by molar-refractivity contribution is -0.143. The standard InChI is InChI=1S/C14H18O2/c1-12(2)11-14(15)16-10-6-9-13-7-4-3-5-8-13/h3-9,12H,10-11H2,1-2H3. The molecular weight excluding hydrogens is 200 g/mol. The maximum Gasteiger partial charge on any atom is 0.306 e. The summed E-state index contributed by atoms with van der Waals surface area (Å²) in [6.45, 7) is 4.35. The van der Waals surface area contributed by atoms with Gasteiger partial charge in [-0.1, -0.05) is 50.3 Å². The first-order valence-electron chi connectivity index (χ1n) is 5.55. The number of carbonyl (C=O) groups excluding carboxylic acids is 1. The van der Waals surface area contributed by atoms with Crippen LogP contribution < -0.4 is 0 Å². The third-order valence-electron chi connectivity index (χ3n) is 2.03. The smallest absolute Gasteiger partial charge is 0.306 e. The van der Waals surface area contributed by atoms with Crippen molar-refractivity contribution >= 4 is 12.0 Å². The van der Waals surface area contributed by atoms with Gasteiger partial charge in [0, 0.05) is 6.42 Å². The predicted molar refractivity (Wildman–Crippen MR) is 65.9 cm³/mol. The van der Waals surface area contributed by atoms with Gasteiger partial charge in [-0.15, -0.1) is 0 Å². The molecule has 2 nitrogen and oxygen atoms in total. The minimum absolute atomic E-state index is 0.132. The third-order valence-corrected chi connectivity index (χ3v) is 2.03. The van der Waals surface area contributed by atoms with Crippen LogP contribution in [-0.4, -0.2) is 12.6 Å². The van der Waals surface area contributed by atoms with Gasteiger partial charge in [0.1, 0.15) is 6.61 Å². The Hall–Kier alpha value is -1.57. The Morgan fingerprint density at radius 1 is 1.31 bits per heavy atom. The van der Waals surface area contributed by atoms with Crippen LogP contribution >= 0.6 is 0 Å². The molecule has 0 aromatic heterocycles. The zero-order valence-electron chi connectivity index (χ0n) is 9.85. The van der Waals surface area contributed by atoms with Crippen LogP contribution in [0, 0.1) is 5.92 Å². The van der Waals surface area contributed by atoms with Crippen molar-refractivity contribution in [1.29, 1.82) is 0 Å². The van der Waals surface area contributed by atoms with E-state index in [1.165, 1.54) is 0 Å². The van der Waals surface area contributed by atoms with E-state index in [-0.39, 0.29) is 5.97 Å². The lowest BCUT2D eigenvalue weighted by Crippen LogP contribution is -2.07. The van der Waals surface area contributed by atoms with E-state index in [0.29, 0.717) is 18.9 Å². The highest BCUT2D eigenvalue weighted by Crippen LogP contribution is 2.03. The molecule has 0 radical (unpaired) electrons. The minimum atomic E-state index is -0.132. The van der Waals surface area contributed by atoms with Crippen molar-refractivity contribution in [2.75, 3.05) is 6.61 Å². The average Bonchev–Trinajstić information content (AvgIpc) is 2.25. The summed E-state index contributed by atoms with van der Waals surface area (Å²) in [6, 6.07) is 9.94. The lowest BCUT2D eigenvalue weighted by Gasteiger charge is -2.03. The summed E-state index contributed by atoms with van der Waals surface area (Å²) < 4.78 is 5.05. The Morgan fingerprint density at radius 2 is 2.00 bits per heavy atom. The molecule has 0 N–H and O–H groups in total. The molecule has 1 aromatic rings. The number of esters is 1. The molecule has 0 spiro atoms. The molecule has 0 atom stereocenters. The second kappa shape index (κ2) is 6.83. The van der Waals surface area contributed by atoms with Crippen LogP contribution in [0.25, 0.3) is 6.08 Å². The average molecular weight is 218 g/mol. The van der Waals surface area contributed by atoms with E-state index in [0.717, 1.165) is 5.56 Å². The lowest BCUT2D eigenvalue weighted by atomic mass is 10.1. The van der Waals surface area contributed by atoms with Crippen LogP contribution in [0.4, 0.5) is 0 Å². The fraction of sp³-hybridized carbons (Fsp3) is 0.357. The summed E-state index contributed by atoms with van der Waals surface area (Å²) >= 11 is 0. The molecule has 0 aliphatic heterocycles. The highest BCUT2D eigenvalue weighted by atomic mass is 16.5. The molecule has 0 fully saturated rings. The highest BCUT2D eigenvalue weighted by Gasteiger charge is 2.03. The van der Waals surface area contributed by atoms with Crippen LogP contribution in [0.3, 0.4) is 0 Å². The Morgan fingerprint density at radius 3 is 2.62 bits per heavy atom. The molecule has 0 amide bonds. The highest BCUT2D eigenvalue weighted by molar-refractivity contribution is 5.69. The summed E-state index contributed by atoms with van der Waals surface area (Å²) in [7, 11) is 0. The quantitative estimate of drug-likeness (QED) is 0.709. The van der Waals surface area contributed by atoms with Gasteiger partial charge in [0.15, 0.2) is 0 Å². The van der Waals surface area contributed by atoms with Gasteiger partial charge in [-0.25, -0.2) is 0 Å². The van der Waals surface area contributed by atoms with Gasteiger partial charge >= 0.3 is 5.97 Å². The summed E-state index contributed by atoms with van der Waals surface area (Å²) in [5.41, 5.74) is 1.11. The molecule has 0 unspecified atom stereocenters. The molecule has 2 heteroatoms.